The molecule has 0 aliphatic rings. The first-order valence-corrected chi connectivity index (χ1v) is 8.06. The van der Waals surface area contributed by atoms with Crippen LogP contribution >= 0.6 is 0 Å². The van der Waals surface area contributed by atoms with E-state index in [2.05, 4.69) is 98.8 Å². The molecule has 0 N–H and O–H groups in total. The Hall–Kier alpha value is -2.34. The molecule has 112 valence electrons. The highest BCUT2D eigenvalue weighted by Crippen LogP contribution is 2.31. The van der Waals surface area contributed by atoms with Gasteiger partial charge in [0.05, 0.1) is 0 Å². The van der Waals surface area contributed by atoms with Gasteiger partial charge in [0.15, 0.2) is 0 Å². The third-order valence-electron chi connectivity index (χ3n) is 3.60. The van der Waals surface area contributed by atoms with E-state index in [1.54, 1.807) is 0 Å². The van der Waals surface area contributed by atoms with Crippen LogP contribution in [0.15, 0.2) is 84.9 Å². The lowest BCUT2D eigenvalue weighted by Crippen LogP contribution is -1.83. The SMILES string of the molecule is CCCC.c1ccc(-c2ccccc2-c2ccccc2)cc1. The number of unbranched alkanes of at least 4 members (excludes halogenated alkanes) is 1. The monoisotopic (exact) mass is 288 g/mol. The van der Waals surface area contributed by atoms with Crippen LogP contribution in [0.4, 0.5) is 0 Å². The van der Waals surface area contributed by atoms with Gasteiger partial charge in [-0.3, -0.25) is 0 Å². The molecule has 0 saturated heterocycles. The molecule has 3 aromatic carbocycles. The van der Waals surface area contributed by atoms with Crippen LogP contribution in [0.1, 0.15) is 26.7 Å². The van der Waals surface area contributed by atoms with Gasteiger partial charge in [-0.15, -0.1) is 0 Å². The van der Waals surface area contributed by atoms with Gasteiger partial charge in [-0.25, -0.2) is 0 Å². The Labute approximate surface area is 134 Å². The average molecular weight is 288 g/mol. The van der Waals surface area contributed by atoms with Crippen molar-refractivity contribution < 1.29 is 0 Å². The van der Waals surface area contributed by atoms with E-state index in [4.69, 9.17) is 0 Å². The molecule has 0 atom stereocenters. The minimum atomic E-state index is 1.26. The molecule has 0 nitrogen and oxygen atoms in total. The molecular formula is C22H24. The molecule has 3 rings (SSSR count). The van der Waals surface area contributed by atoms with Gasteiger partial charge in [0.1, 0.15) is 0 Å². The molecule has 0 spiro atoms. The van der Waals surface area contributed by atoms with Gasteiger partial charge in [-0.2, -0.15) is 0 Å². The summed E-state index contributed by atoms with van der Waals surface area (Å²) in [4.78, 5) is 0. The Morgan fingerprint density at radius 1 is 0.455 bits per heavy atom. The van der Waals surface area contributed by atoms with E-state index in [1.807, 2.05) is 0 Å². The second-order valence-electron chi connectivity index (χ2n) is 5.28. The number of rotatable bonds is 3. The van der Waals surface area contributed by atoms with E-state index in [0.717, 1.165) is 0 Å². The fraction of sp³-hybridized carbons (Fsp3) is 0.182. The molecule has 0 aromatic heterocycles. The molecule has 0 aliphatic heterocycles. The zero-order valence-electron chi connectivity index (χ0n) is 13.5. The first kappa shape index (κ1) is 16.0. The van der Waals surface area contributed by atoms with Gasteiger partial charge in [0.25, 0.3) is 0 Å². The van der Waals surface area contributed by atoms with Crippen molar-refractivity contribution in [2.24, 2.45) is 0 Å². The normalized spacial score (nSPS) is 9.73. The molecular weight excluding hydrogens is 264 g/mol. The molecule has 22 heavy (non-hydrogen) atoms. The smallest absolute Gasteiger partial charge is 0.0105 e. The molecule has 0 heteroatoms. The number of hydrogen-bond donors (Lipinski definition) is 0. The van der Waals surface area contributed by atoms with Crippen molar-refractivity contribution in [3.63, 3.8) is 0 Å². The second kappa shape index (κ2) is 8.84. The minimum Gasteiger partial charge on any atom is -0.0654 e. The molecule has 0 amide bonds. The van der Waals surface area contributed by atoms with E-state index in [-0.39, 0.29) is 0 Å². The standard InChI is InChI=1S/C18H14.C4H10/c1-3-9-15(10-4-1)17-13-7-8-14-18(17)16-11-5-2-6-12-16;1-3-4-2/h1-14H;3-4H2,1-2H3. The summed E-state index contributed by atoms with van der Waals surface area (Å²) in [6.07, 6.45) is 2.64. The van der Waals surface area contributed by atoms with E-state index in [1.165, 1.54) is 35.1 Å². The van der Waals surface area contributed by atoms with E-state index in [0.29, 0.717) is 0 Å². The van der Waals surface area contributed by atoms with E-state index >= 15 is 0 Å². The Kier molecular flexibility index (Phi) is 6.44. The summed E-state index contributed by atoms with van der Waals surface area (Å²) >= 11 is 0. The van der Waals surface area contributed by atoms with Crippen LogP contribution in [0.3, 0.4) is 0 Å². The molecule has 0 unspecified atom stereocenters. The summed E-state index contributed by atoms with van der Waals surface area (Å²) < 4.78 is 0. The van der Waals surface area contributed by atoms with Crippen LogP contribution in [0.5, 0.6) is 0 Å². The summed E-state index contributed by atoms with van der Waals surface area (Å²) in [6.45, 7) is 4.36. The number of hydrogen-bond acceptors (Lipinski definition) is 0. The minimum absolute atomic E-state index is 1.26. The fourth-order valence-corrected chi connectivity index (χ4v) is 2.22. The lowest BCUT2D eigenvalue weighted by molar-refractivity contribution is 0.886. The van der Waals surface area contributed by atoms with Crippen molar-refractivity contribution in [1.29, 1.82) is 0 Å². The summed E-state index contributed by atoms with van der Waals surface area (Å²) in [5, 5.41) is 0. The first-order chi connectivity index (χ1) is 10.9. The van der Waals surface area contributed by atoms with Crippen molar-refractivity contribution >= 4 is 0 Å². The van der Waals surface area contributed by atoms with Crippen molar-refractivity contribution in [2.45, 2.75) is 26.7 Å². The van der Waals surface area contributed by atoms with Crippen LogP contribution in [-0.2, 0) is 0 Å². The van der Waals surface area contributed by atoms with Crippen LogP contribution in [-0.4, -0.2) is 0 Å². The van der Waals surface area contributed by atoms with Crippen LogP contribution in [0.2, 0.25) is 0 Å². The lowest BCUT2D eigenvalue weighted by Gasteiger charge is -2.09. The maximum Gasteiger partial charge on any atom is -0.0105 e. The predicted octanol–water partition coefficient (Wildman–Crippen LogP) is 6.83. The fourth-order valence-electron chi connectivity index (χ4n) is 2.22. The Morgan fingerprint density at radius 3 is 1.09 bits per heavy atom. The van der Waals surface area contributed by atoms with Crippen molar-refractivity contribution in [3.05, 3.63) is 84.9 Å². The Balaban J connectivity index is 0.000000396. The van der Waals surface area contributed by atoms with Crippen LogP contribution in [0.25, 0.3) is 22.3 Å². The lowest BCUT2D eigenvalue weighted by atomic mass is 9.95. The van der Waals surface area contributed by atoms with Crippen molar-refractivity contribution in [2.75, 3.05) is 0 Å². The highest BCUT2D eigenvalue weighted by Gasteiger charge is 2.05. The van der Waals surface area contributed by atoms with Gasteiger partial charge in [-0.1, -0.05) is 112 Å². The first-order valence-electron chi connectivity index (χ1n) is 8.06. The summed E-state index contributed by atoms with van der Waals surface area (Å²) in [7, 11) is 0. The van der Waals surface area contributed by atoms with Crippen LogP contribution < -0.4 is 0 Å². The molecule has 0 radical (unpaired) electrons. The highest BCUT2D eigenvalue weighted by molar-refractivity contribution is 5.83. The predicted molar refractivity (Wildman–Crippen MR) is 97.9 cm³/mol. The topological polar surface area (TPSA) is 0 Å². The quantitative estimate of drug-likeness (QED) is 0.495. The molecule has 0 bridgehead atoms. The molecule has 0 fully saturated rings. The maximum absolute atomic E-state index is 2.18. The average Bonchev–Trinajstić information content (AvgIpc) is 2.63. The van der Waals surface area contributed by atoms with Gasteiger partial charge in [0.2, 0.25) is 0 Å². The van der Waals surface area contributed by atoms with Crippen LogP contribution in [0, 0.1) is 0 Å². The van der Waals surface area contributed by atoms with Gasteiger partial charge < -0.3 is 0 Å². The zero-order valence-corrected chi connectivity index (χ0v) is 13.5. The second-order valence-corrected chi connectivity index (χ2v) is 5.28. The van der Waals surface area contributed by atoms with Gasteiger partial charge in [0, 0.05) is 0 Å². The summed E-state index contributed by atoms with van der Waals surface area (Å²) in [5.74, 6) is 0. The van der Waals surface area contributed by atoms with Crippen molar-refractivity contribution in [1.82, 2.24) is 0 Å². The largest absolute Gasteiger partial charge is 0.0654 e. The Bertz CT molecular complexity index is 593. The van der Waals surface area contributed by atoms with E-state index < -0.39 is 0 Å². The van der Waals surface area contributed by atoms with E-state index in [9.17, 15) is 0 Å². The Morgan fingerprint density at radius 2 is 0.773 bits per heavy atom. The third-order valence-corrected chi connectivity index (χ3v) is 3.60. The molecule has 0 heterocycles. The maximum atomic E-state index is 2.18. The van der Waals surface area contributed by atoms with Crippen molar-refractivity contribution in [3.8, 4) is 22.3 Å². The van der Waals surface area contributed by atoms with Gasteiger partial charge in [-0.05, 0) is 22.3 Å². The molecule has 3 aromatic rings. The summed E-state index contributed by atoms with van der Waals surface area (Å²) in [6, 6.07) is 29.6. The third kappa shape index (κ3) is 4.33. The molecule has 0 aliphatic carbocycles. The number of benzene rings is 3. The highest BCUT2D eigenvalue weighted by atomic mass is 14.1. The molecule has 0 saturated carbocycles. The zero-order chi connectivity index (χ0) is 15.6. The summed E-state index contributed by atoms with van der Waals surface area (Å²) in [5.41, 5.74) is 5.09. The van der Waals surface area contributed by atoms with Gasteiger partial charge >= 0.3 is 0 Å².